The molecule has 0 atom stereocenters. The van der Waals surface area contributed by atoms with Gasteiger partial charge in [0.1, 0.15) is 18.1 Å². The van der Waals surface area contributed by atoms with E-state index in [0.717, 1.165) is 22.6 Å². The lowest BCUT2D eigenvalue weighted by molar-refractivity contribution is 0.307. The Hall–Kier alpha value is -2.16. The van der Waals surface area contributed by atoms with E-state index < -0.39 is 0 Å². The zero-order valence-electron chi connectivity index (χ0n) is 10.6. The summed E-state index contributed by atoms with van der Waals surface area (Å²) < 4.78 is 10.8. The lowest BCUT2D eigenvalue weighted by Crippen LogP contribution is -2.00. The number of para-hydroxylation sites is 1. The standard InChI is InChI=1S/C15H17NO2/c1-11-4-3-5-14(15(11)16)18-10-12-6-8-13(17-2)9-7-12/h3-9H,10,16H2,1-2H3. The predicted molar refractivity (Wildman–Crippen MR) is 72.9 cm³/mol. The Kier molecular flexibility index (Phi) is 3.72. The third-order valence-corrected chi connectivity index (χ3v) is 2.84. The molecule has 0 spiro atoms. The number of aryl methyl sites for hydroxylation is 1. The molecule has 0 heterocycles. The van der Waals surface area contributed by atoms with E-state index in [1.807, 2.05) is 49.4 Å². The van der Waals surface area contributed by atoms with Gasteiger partial charge in [0, 0.05) is 0 Å². The number of nitrogen functional groups attached to an aromatic ring is 1. The van der Waals surface area contributed by atoms with Crippen LogP contribution < -0.4 is 15.2 Å². The number of methoxy groups -OCH3 is 1. The summed E-state index contributed by atoms with van der Waals surface area (Å²) in [6.45, 7) is 2.47. The maximum Gasteiger partial charge on any atom is 0.142 e. The lowest BCUT2D eigenvalue weighted by atomic mass is 10.2. The summed E-state index contributed by atoms with van der Waals surface area (Å²) in [6.07, 6.45) is 0. The van der Waals surface area contributed by atoms with Gasteiger partial charge in [0.15, 0.2) is 0 Å². The zero-order valence-corrected chi connectivity index (χ0v) is 10.6. The van der Waals surface area contributed by atoms with E-state index in [4.69, 9.17) is 15.2 Å². The summed E-state index contributed by atoms with van der Waals surface area (Å²) in [7, 11) is 1.65. The van der Waals surface area contributed by atoms with Gasteiger partial charge in [-0.05, 0) is 36.2 Å². The Bertz CT molecular complexity index is 521. The van der Waals surface area contributed by atoms with Gasteiger partial charge >= 0.3 is 0 Å². The van der Waals surface area contributed by atoms with Crippen molar-refractivity contribution in [2.24, 2.45) is 0 Å². The molecule has 0 fully saturated rings. The van der Waals surface area contributed by atoms with E-state index in [2.05, 4.69) is 0 Å². The van der Waals surface area contributed by atoms with Gasteiger partial charge < -0.3 is 15.2 Å². The molecule has 2 rings (SSSR count). The molecule has 0 radical (unpaired) electrons. The molecule has 2 N–H and O–H groups in total. The van der Waals surface area contributed by atoms with Crippen LogP contribution in [0.2, 0.25) is 0 Å². The Labute approximate surface area is 107 Å². The lowest BCUT2D eigenvalue weighted by Gasteiger charge is -2.10. The molecule has 0 aliphatic rings. The minimum absolute atomic E-state index is 0.498. The molecule has 0 aromatic heterocycles. The molecule has 94 valence electrons. The summed E-state index contributed by atoms with van der Waals surface area (Å²) in [4.78, 5) is 0. The molecule has 0 aliphatic carbocycles. The molecule has 0 bridgehead atoms. The van der Waals surface area contributed by atoms with Crippen molar-refractivity contribution in [3.63, 3.8) is 0 Å². The first-order chi connectivity index (χ1) is 8.70. The molecule has 0 unspecified atom stereocenters. The van der Waals surface area contributed by atoms with E-state index in [1.54, 1.807) is 7.11 Å². The van der Waals surface area contributed by atoms with Crippen LogP contribution in [0.15, 0.2) is 42.5 Å². The Morgan fingerprint density at radius 2 is 1.78 bits per heavy atom. The monoisotopic (exact) mass is 243 g/mol. The van der Waals surface area contributed by atoms with Gasteiger partial charge in [-0.2, -0.15) is 0 Å². The van der Waals surface area contributed by atoms with Crippen molar-refractivity contribution < 1.29 is 9.47 Å². The van der Waals surface area contributed by atoms with Crippen LogP contribution >= 0.6 is 0 Å². The minimum atomic E-state index is 0.498. The van der Waals surface area contributed by atoms with Gasteiger partial charge in [0.2, 0.25) is 0 Å². The van der Waals surface area contributed by atoms with Gasteiger partial charge in [-0.1, -0.05) is 24.3 Å². The van der Waals surface area contributed by atoms with Crippen molar-refractivity contribution in [1.29, 1.82) is 0 Å². The predicted octanol–water partition coefficient (Wildman–Crippen LogP) is 3.16. The van der Waals surface area contributed by atoms with Crippen molar-refractivity contribution in [2.45, 2.75) is 13.5 Å². The zero-order chi connectivity index (χ0) is 13.0. The van der Waals surface area contributed by atoms with Gasteiger partial charge in [-0.15, -0.1) is 0 Å². The Morgan fingerprint density at radius 3 is 2.44 bits per heavy atom. The van der Waals surface area contributed by atoms with E-state index in [0.29, 0.717) is 12.3 Å². The minimum Gasteiger partial charge on any atom is -0.497 e. The molecule has 18 heavy (non-hydrogen) atoms. The van der Waals surface area contributed by atoms with Crippen LogP contribution in [0.5, 0.6) is 11.5 Å². The number of hydrogen-bond donors (Lipinski definition) is 1. The molecular formula is C15H17NO2. The van der Waals surface area contributed by atoms with Gasteiger partial charge in [-0.25, -0.2) is 0 Å². The smallest absolute Gasteiger partial charge is 0.142 e. The highest BCUT2D eigenvalue weighted by Gasteiger charge is 2.03. The number of hydrogen-bond acceptors (Lipinski definition) is 3. The van der Waals surface area contributed by atoms with Crippen molar-refractivity contribution in [3.05, 3.63) is 53.6 Å². The molecule has 3 nitrogen and oxygen atoms in total. The van der Waals surface area contributed by atoms with Gasteiger partial charge in [0.25, 0.3) is 0 Å². The number of nitrogens with two attached hydrogens (primary N) is 1. The number of benzene rings is 2. The maximum absolute atomic E-state index is 5.95. The third kappa shape index (κ3) is 2.74. The fraction of sp³-hybridized carbons (Fsp3) is 0.200. The van der Waals surface area contributed by atoms with Crippen LogP contribution in [0.25, 0.3) is 0 Å². The second-order valence-electron chi connectivity index (χ2n) is 4.12. The highest BCUT2D eigenvalue weighted by Crippen LogP contribution is 2.25. The average Bonchev–Trinajstić information content (AvgIpc) is 2.41. The van der Waals surface area contributed by atoms with Crippen LogP contribution in [0, 0.1) is 6.92 Å². The Morgan fingerprint density at radius 1 is 1.06 bits per heavy atom. The largest absolute Gasteiger partial charge is 0.497 e. The summed E-state index contributed by atoms with van der Waals surface area (Å²) >= 11 is 0. The van der Waals surface area contributed by atoms with Crippen LogP contribution in [0.1, 0.15) is 11.1 Å². The Balaban J connectivity index is 2.04. The molecule has 2 aromatic rings. The number of ether oxygens (including phenoxy) is 2. The molecule has 3 heteroatoms. The molecule has 0 saturated carbocycles. The molecule has 0 saturated heterocycles. The summed E-state index contributed by atoms with van der Waals surface area (Å²) in [5, 5.41) is 0. The van der Waals surface area contributed by atoms with Crippen molar-refractivity contribution in [2.75, 3.05) is 12.8 Å². The van der Waals surface area contributed by atoms with Crippen molar-refractivity contribution in [1.82, 2.24) is 0 Å². The van der Waals surface area contributed by atoms with Gasteiger partial charge in [-0.3, -0.25) is 0 Å². The summed E-state index contributed by atoms with van der Waals surface area (Å²) in [6, 6.07) is 13.6. The number of anilines is 1. The van der Waals surface area contributed by atoms with E-state index in [9.17, 15) is 0 Å². The first-order valence-electron chi connectivity index (χ1n) is 5.81. The second-order valence-corrected chi connectivity index (χ2v) is 4.12. The number of rotatable bonds is 4. The first kappa shape index (κ1) is 12.3. The molecule has 2 aromatic carbocycles. The van der Waals surface area contributed by atoms with Crippen LogP contribution in [0.3, 0.4) is 0 Å². The van der Waals surface area contributed by atoms with E-state index in [1.165, 1.54) is 0 Å². The highest BCUT2D eigenvalue weighted by atomic mass is 16.5. The van der Waals surface area contributed by atoms with Crippen molar-refractivity contribution >= 4 is 5.69 Å². The molecular weight excluding hydrogens is 226 g/mol. The van der Waals surface area contributed by atoms with Crippen LogP contribution in [-0.2, 0) is 6.61 Å². The van der Waals surface area contributed by atoms with Crippen LogP contribution in [0.4, 0.5) is 5.69 Å². The molecule has 0 amide bonds. The third-order valence-electron chi connectivity index (χ3n) is 2.84. The summed E-state index contributed by atoms with van der Waals surface area (Å²) in [5.74, 6) is 1.57. The molecule has 0 aliphatic heterocycles. The fourth-order valence-electron chi connectivity index (χ4n) is 1.66. The van der Waals surface area contributed by atoms with Crippen LogP contribution in [-0.4, -0.2) is 7.11 Å². The topological polar surface area (TPSA) is 44.5 Å². The van der Waals surface area contributed by atoms with Gasteiger partial charge in [0.05, 0.1) is 12.8 Å². The quantitative estimate of drug-likeness (QED) is 0.839. The van der Waals surface area contributed by atoms with E-state index >= 15 is 0 Å². The van der Waals surface area contributed by atoms with Crippen molar-refractivity contribution in [3.8, 4) is 11.5 Å². The summed E-state index contributed by atoms with van der Waals surface area (Å²) in [5.41, 5.74) is 8.76. The second kappa shape index (κ2) is 5.45. The first-order valence-corrected chi connectivity index (χ1v) is 5.81. The highest BCUT2D eigenvalue weighted by molar-refractivity contribution is 5.57. The van der Waals surface area contributed by atoms with E-state index in [-0.39, 0.29) is 0 Å². The fourth-order valence-corrected chi connectivity index (χ4v) is 1.66. The normalized spacial score (nSPS) is 10.1. The maximum atomic E-state index is 5.95. The average molecular weight is 243 g/mol. The SMILES string of the molecule is COc1ccc(COc2cccc(C)c2N)cc1.